The number of methoxy groups -OCH3 is 2. The topological polar surface area (TPSA) is 205 Å². The quantitative estimate of drug-likeness (QED) is 0.135. The summed E-state index contributed by atoms with van der Waals surface area (Å²) in [5, 5.41) is 0. The molecule has 4 aromatic rings. The van der Waals surface area contributed by atoms with Crippen molar-refractivity contribution in [3.05, 3.63) is 47.5 Å². The summed E-state index contributed by atoms with van der Waals surface area (Å²) in [6.07, 6.45) is 3.38. The van der Waals surface area contributed by atoms with Gasteiger partial charge in [-0.15, -0.1) is 0 Å². The zero-order valence-electron chi connectivity index (χ0n) is 27.4. The van der Waals surface area contributed by atoms with Crippen molar-refractivity contribution in [2.75, 3.05) is 45.4 Å². The molecule has 2 amide bonds. The highest BCUT2D eigenvalue weighted by Gasteiger charge is 2.32. The zero-order chi connectivity index (χ0) is 34.7. The van der Waals surface area contributed by atoms with Gasteiger partial charge in [0.2, 0.25) is 17.8 Å². The maximum atomic E-state index is 12.2. The Labute approximate surface area is 276 Å². The van der Waals surface area contributed by atoms with Crippen LogP contribution in [0.15, 0.2) is 36.4 Å². The predicted molar refractivity (Wildman–Crippen MR) is 178 cm³/mol. The molecule has 0 bridgehead atoms. The van der Waals surface area contributed by atoms with E-state index in [-0.39, 0.29) is 36.1 Å². The highest BCUT2D eigenvalue weighted by atomic mass is 16.6. The molecule has 0 atom stereocenters. The minimum absolute atomic E-state index is 0.000854. The number of nitrogen functional groups attached to an aromatic ring is 2. The zero-order valence-corrected chi connectivity index (χ0v) is 27.4. The lowest BCUT2D eigenvalue weighted by atomic mass is 10.0. The number of amides is 2. The van der Waals surface area contributed by atoms with Gasteiger partial charge in [-0.2, -0.15) is 0 Å². The molecule has 0 spiro atoms. The normalized spacial score (nSPS) is 13.3. The number of esters is 1. The van der Waals surface area contributed by atoms with Crippen molar-refractivity contribution in [1.29, 1.82) is 0 Å². The number of imidazole rings is 2. The van der Waals surface area contributed by atoms with E-state index in [1.54, 1.807) is 32.2 Å². The number of fused-ring (bicyclic) bond motifs is 2. The van der Waals surface area contributed by atoms with Gasteiger partial charge in [-0.25, -0.2) is 19.6 Å². The van der Waals surface area contributed by atoms with Crippen LogP contribution in [0.3, 0.4) is 0 Å². The third-order valence-electron chi connectivity index (χ3n) is 7.48. The number of carbonyl (C=O) groups excluding carboxylic acids is 3. The molecule has 5 rings (SSSR count). The first-order valence-electron chi connectivity index (χ1n) is 15.0. The molecule has 0 saturated carbocycles. The van der Waals surface area contributed by atoms with Crippen molar-refractivity contribution in [3.8, 4) is 23.3 Å². The van der Waals surface area contributed by atoms with Crippen molar-refractivity contribution in [2.45, 2.75) is 39.5 Å². The number of nitrogens with two attached hydrogens (primary N) is 3. The molecule has 0 radical (unpaired) electrons. The molecule has 2 aromatic heterocycles. The van der Waals surface area contributed by atoms with Crippen LogP contribution in [0.5, 0.6) is 11.5 Å². The number of nitrogens with zero attached hydrogens (tertiary/aromatic N) is 5. The van der Waals surface area contributed by atoms with Crippen molar-refractivity contribution in [1.82, 2.24) is 24.0 Å². The molecule has 15 heteroatoms. The molecule has 3 heterocycles. The molecule has 15 nitrogen and oxygen atoms in total. The second-order valence-electron chi connectivity index (χ2n) is 12.1. The number of hydrogen-bond donors (Lipinski definition) is 3. The fraction of sp³-hybridized carbons (Fsp3) is 0.364. The average Bonchev–Trinajstić information content (AvgIpc) is 3.50. The summed E-state index contributed by atoms with van der Waals surface area (Å²) in [6.45, 7) is 7.07. The van der Waals surface area contributed by atoms with Gasteiger partial charge in [-0.3, -0.25) is 4.79 Å². The van der Waals surface area contributed by atoms with E-state index in [0.717, 1.165) is 0 Å². The van der Waals surface area contributed by atoms with E-state index >= 15 is 0 Å². The minimum atomic E-state index is -0.642. The molecular weight excluding hydrogens is 620 g/mol. The van der Waals surface area contributed by atoms with Gasteiger partial charge in [0.05, 0.1) is 36.7 Å². The molecule has 0 unspecified atom stereocenters. The van der Waals surface area contributed by atoms with Crippen molar-refractivity contribution < 1.29 is 33.3 Å². The Morgan fingerprint density at radius 3 is 2.02 bits per heavy atom. The van der Waals surface area contributed by atoms with Crippen LogP contribution in [-0.4, -0.2) is 81.5 Å². The van der Waals surface area contributed by atoms with Gasteiger partial charge < -0.3 is 50.2 Å². The number of allylic oxidation sites excluding steroid dienone is 2. The highest BCUT2D eigenvalue weighted by Crippen LogP contribution is 2.32. The van der Waals surface area contributed by atoms with Gasteiger partial charge in [0.15, 0.2) is 0 Å². The second kappa shape index (κ2) is 13.4. The Morgan fingerprint density at radius 1 is 0.917 bits per heavy atom. The Morgan fingerprint density at radius 2 is 1.48 bits per heavy atom. The lowest BCUT2D eigenvalue weighted by Crippen LogP contribution is -2.51. The van der Waals surface area contributed by atoms with Crippen molar-refractivity contribution in [2.24, 2.45) is 11.7 Å². The lowest BCUT2D eigenvalue weighted by molar-refractivity contribution is 0.00588. The van der Waals surface area contributed by atoms with Crippen LogP contribution < -0.4 is 26.7 Å². The molecule has 1 aliphatic heterocycles. The number of hydrogen-bond acceptors (Lipinski definition) is 11. The summed E-state index contributed by atoms with van der Waals surface area (Å²) in [5.41, 5.74) is 20.1. The minimum Gasteiger partial charge on any atom is -0.494 e. The number of carbonyl (C=O) groups is 3. The van der Waals surface area contributed by atoms with E-state index in [0.29, 0.717) is 65.3 Å². The fourth-order valence-corrected chi connectivity index (χ4v) is 5.21. The third kappa shape index (κ3) is 7.07. The van der Waals surface area contributed by atoms with Gasteiger partial charge in [0.1, 0.15) is 34.7 Å². The Hall–Kier alpha value is -5.91. The summed E-state index contributed by atoms with van der Waals surface area (Å²) in [6, 6.07) is 6.26. The van der Waals surface area contributed by atoms with Gasteiger partial charge in [-0.05, 0) is 45.0 Å². The van der Waals surface area contributed by atoms with E-state index in [9.17, 15) is 14.4 Å². The van der Waals surface area contributed by atoms with E-state index in [2.05, 4.69) is 21.8 Å². The Kier molecular flexibility index (Phi) is 9.37. The van der Waals surface area contributed by atoms with Crippen molar-refractivity contribution in [3.63, 3.8) is 0 Å². The van der Waals surface area contributed by atoms with Crippen LogP contribution in [0.2, 0.25) is 0 Å². The van der Waals surface area contributed by atoms with Crippen LogP contribution in [0.25, 0.3) is 22.1 Å². The molecule has 1 aliphatic rings. The lowest BCUT2D eigenvalue weighted by Gasteiger charge is -2.37. The first-order valence-corrected chi connectivity index (χ1v) is 15.0. The van der Waals surface area contributed by atoms with Gasteiger partial charge >= 0.3 is 12.1 Å². The number of ether oxygens (including phenoxy) is 4. The smallest absolute Gasteiger partial charge is 0.410 e. The molecule has 48 heavy (non-hydrogen) atoms. The third-order valence-corrected chi connectivity index (χ3v) is 7.48. The SMILES string of the molecule is COC(=O)c1cc(OC)c2c(c1)nc(N)n2C/C=C/Cn1c(N)nc2cc(C(N)=O)cc(OCC#CC3CN(C(=O)OC(C)(C)C)C3)c21. The van der Waals surface area contributed by atoms with Gasteiger partial charge in [0.25, 0.3) is 0 Å². The maximum Gasteiger partial charge on any atom is 0.410 e. The number of benzene rings is 2. The molecule has 1 fully saturated rings. The maximum absolute atomic E-state index is 12.2. The molecule has 1 saturated heterocycles. The summed E-state index contributed by atoms with van der Waals surface area (Å²) in [4.78, 5) is 46.7. The van der Waals surface area contributed by atoms with E-state index in [4.69, 9.17) is 36.1 Å². The monoisotopic (exact) mass is 658 g/mol. The van der Waals surface area contributed by atoms with Crippen LogP contribution in [0.4, 0.5) is 16.7 Å². The van der Waals surface area contributed by atoms with E-state index < -0.39 is 17.5 Å². The number of likely N-dealkylation sites (tertiary alicyclic amines) is 1. The van der Waals surface area contributed by atoms with Crippen molar-refractivity contribution >= 4 is 51.9 Å². The van der Waals surface area contributed by atoms with Gasteiger partial charge in [-0.1, -0.05) is 24.0 Å². The molecule has 6 N–H and O–H groups in total. The Balaban J connectivity index is 1.31. The van der Waals surface area contributed by atoms with Crippen LogP contribution >= 0.6 is 0 Å². The molecule has 2 aromatic carbocycles. The molecule has 0 aliphatic carbocycles. The fourth-order valence-electron chi connectivity index (χ4n) is 5.21. The molecule has 252 valence electrons. The summed E-state index contributed by atoms with van der Waals surface area (Å²) < 4.78 is 25.2. The van der Waals surface area contributed by atoms with E-state index in [1.165, 1.54) is 20.3 Å². The second-order valence-corrected chi connectivity index (χ2v) is 12.1. The number of primary amides is 1. The summed E-state index contributed by atoms with van der Waals surface area (Å²) >= 11 is 0. The van der Waals surface area contributed by atoms with Crippen LogP contribution in [-0.2, 0) is 22.6 Å². The van der Waals surface area contributed by atoms with Crippen LogP contribution in [0.1, 0.15) is 41.5 Å². The average molecular weight is 659 g/mol. The van der Waals surface area contributed by atoms with E-state index in [1.807, 2.05) is 32.9 Å². The number of aromatic nitrogens is 4. The Bertz CT molecular complexity index is 1990. The van der Waals surface area contributed by atoms with Crippen LogP contribution in [0, 0.1) is 17.8 Å². The number of anilines is 2. The summed E-state index contributed by atoms with van der Waals surface area (Å²) in [7, 11) is 2.79. The molecular formula is C33H38N8O7. The largest absolute Gasteiger partial charge is 0.494 e. The standard InChI is InChI=1S/C33H38N8O7/c1-33(2,3)48-32(44)39-17-19(18-39)9-8-12-47-25-15-20(28(34)42)13-22-27(25)41(31(36)37-22)11-7-6-10-40-26-23(38-30(40)35)14-21(29(43)46-5)16-24(26)45-4/h6-7,13-16,19H,10-12,17-18H2,1-5H3,(H2,34,42)(H2,35,38)(H2,36,37)/b7-6+. The first-order chi connectivity index (χ1) is 22.8. The predicted octanol–water partition coefficient (Wildman–Crippen LogP) is 2.95. The summed E-state index contributed by atoms with van der Waals surface area (Å²) in [5.74, 6) is 6.14. The highest BCUT2D eigenvalue weighted by molar-refractivity contribution is 5.99. The number of rotatable bonds is 9. The first kappa shape index (κ1) is 33.5. The van der Waals surface area contributed by atoms with Gasteiger partial charge in [0, 0.05) is 31.7 Å².